The van der Waals surface area contributed by atoms with Crippen LogP contribution >= 0.6 is 11.8 Å². The Kier molecular flexibility index (Phi) is 5.03. The Hall–Kier alpha value is -1.53. The highest BCUT2D eigenvalue weighted by molar-refractivity contribution is 7.98. The molecule has 0 aromatic heterocycles. The molecule has 0 radical (unpaired) electrons. The van der Waals surface area contributed by atoms with Crippen molar-refractivity contribution in [3.63, 3.8) is 0 Å². The molecule has 5 nitrogen and oxygen atoms in total. The van der Waals surface area contributed by atoms with E-state index in [9.17, 15) is 14.7 Å². The highest BCUT2D eigenvalue weighted by Gasteiger charge is 2.26. The largest absolute Gasteiger partial charge is 0.387 e. The second kappa shape index (κ2) is 6.76. The predicted molar refractivity (Wildman–Crippen MR) is 77.4 cm³/mol. The molecule has 0 saturated heterocycles. The van der Waals surface area contributed by atoms with Gasteiger partial charge in [-0.15, -0.1) is 11.8 Å². The lowest BCUT2D eigenvalue weighted by Crippen LogP contribution is -2.42. The highest BCUT2D eigenvalue weighted by Crippen LogP contribution is 2.19. The number of aliphatic hydroxyl groups is 1. The molecule has 3 N–H and O–H groups in total. The number of hydrogen-bond acceptors (Lipinski definition) is 4. The van der Waals surface area contributed by atoms with Gasteiger partial charge in [-0.05, 0) is 36.8 Å². The van der Waals surface area contributed by atoms with Gasteiger partial charge in [-0.3, -0.25) is 9.59 Å². The average molecular weight is 294 g/mol. The Morgan fingerprint density at radius 2 is 1.95 bits per heavy atom. The Morgan fingerprint density at radius 3 is 2.50 bits per heavy atom. The summed E-state index contributed by atoms with van der Waals surface area (Å²) in [5, 5.41) is 15.0. The zero-order valence-electron chi connectivity index (χ0n) is 11.3. The van der Waals surface area contributed by atoms with Crippen LogP contribution in [0.15, 0.2) is 29.2 Å². The normalized spacial score (nSPS) is 15.5. The SMILES string of the molecule is CSc1ccc([C@H](O)CNC(=O)C(=O)NC2CC2)cc1. The lowest BCUT2D eigenvalue weighted by atomic mass is 10.1. The number of carbonyl (C=O) groups excluding carboxylic acids is 2. The van der Waals surface area contributed by atoms with Crippen molar-refractivity contribution in [1.29, 1.82) is 0 Å². The summed E-state index contributed by atoms with van der Waals surface area (Å²) in [6.07, 6.45) is 3.03. The third kappa shape index (κ3) is 4.25. The number of aliphatic hydroxyl groups excluding tert-OH is 1. The summed E-state index contributed by atoms with van der Waals surface area (Å²) < 4.78 is 0. The number of carbonyl (C=O) groups is 2. The van der Waals surface area contributed by atoms with Gasteiger partial charge in [0.2, 0.25) is 0 Å². The second-order valence-electron chi connectivity index (χ2n) is 4.75. The summed E-state index contributed by atoms with van der Waals surface area (Å²) in [5.41, 5.74) is 0.714. The first-order valence-corrected chi connectivity index (χ1v) is 7.73. The molecule has 1 fully saturated rings. The summed E-state index contributed by atoms with van der Waals surface area (Å²) in [6, 6.07) is 7.59. The molecule has 1 aromatic rings. The lowest BCUT2D eigenvalue weighted by Gasteiger charge is -2.12. The highest BCUT2D eigenvalue weighted by atomic mass is 32.2. The fourth-order valence-corrected chi connectivity index (χ4v) is 2.10. The standard InChI is InChI=1S/C14H18N2O3S/c1-20-11-6-2-9(3-7-11)12(17)8-15-13(18)14(19)16-10-4-5-10/h2-3,6-7,10,12,17H,4-5,8H2,1H3,(H,15,18)(H,16,19)/t12-/m1/s1. The number of amides is 2. The number of hydrogen-bond donors (Lipinski definition) is 3. The number of benzene rings is 1. The molecule has 0 bridgehead atoms. The molecule has 2 rings (SSSR count). The number of nitrogens with one attached hydrogen (secondary N) is 2. The van der Waals surface area contributed by atoms with E-state index < -0.39 is 17.9 Å². The van der Waals surface area contributed by atoms with Crippen LogP contribution in [0.3, 0.4) is 0 Å². The van der Waals surface area contributed by atoms with E-state index in [4.69, 9.17) is 0 Å². The first-order valence-electron chi connectivity index (χ1n) is 6.51. The monoisotopic (exact) mass is 294 g/mol. The minimum Gasteiger partial charge on any atom is -0.387 e. The molecule has 1 aliphatic rings. The van der Waals surface area contributed by atoms with Crippen LogP contribution in [0, 0.1) is 0 Å². The molecule has 1 saturated carbocycles. The molecule has 1 aliphatic carbocycles. The summed E-state index contributed by atoms with van der Waals surface area (Å²) in [5.74, 6) is -1.32. The van der Waals surface area contributed by atoms with Gasteiger partial charge >= 0.3 is 11.8 Å². The van der Waals surface area contributed by atoms with Crippen molar-refractivity contribution in [2.24, 2.45) is 0 Å². The fraction of sp³-hybridized carbons (Fsp3) is 0.429. The maximum absolute atomic E-state index is 11.5. The van der Waals surface area contributed by atoms with Gasteiger partial charge in [0.25, 0.3) is 0 Å². The van der Waals surface area contributed by atoms with Crippen molar-refractivity contribution in [3.8, 4) is 0 Å². The Bertz CT molecular complexity index is 486. The van der Waals surface area contributed by atoms with Gasteiger partial charge in [-0.25, -0.2) is 0 Å². The van der Waals surface area contributed by atoms with Crippen molar-refractivity contribution in [1.82, 2.24) is 10.6 Å². The van der Waals surface area contributed by atoms with Crippen LogP contribution in [0.4, 0.5) is 0 Å². The molecule has 1 atom stereocenters. The van der Waals surface area contributed by atoms with E-state index in [1.165, 1.54) is 0 Å². The van der Waals surface area contributed by atoms with Gasteiger partial charge < -0.3 is 15.7 Å². The quantitative estimate of drug-likeness (QED) is 0.555. The Balaban J connectivity index is 1.79. The van der Waals surface area contributed by atoms with Crippen molar-refractivity contribution in [2.45, 2.75) is 29.9 Å². The van der Waals surface area contributed by atoms with E-state index >= 15 is 0 Å². The van der Waals surface area contributed by atoms with E-state index in [2.05, 4.69) is 10.6 Å². The van der Waals surface area contributed by atoms with E-state index in [0.29, 0.717) is 5.56 Å². The molecule has 0 aliphatic heterocycles. The molecular formula is C14H18N2O3S. The molecule has 20 heavy (non-hydrogen) atoms. The third-order valence-corrected chi connectivity index (χ3v) is 3.82. The molecule has 0 spiro atoms. The zero-order valence-corrected chi connectivity index (χ0v) is 12.1. The zero-order chi connectivity index (χ0) is 14.5. The third-order valence-electron chi connectivity index (χ3n) is 3.08. The summed E-state index contributed by atoms with van der Waals surface area (Å²) in [4.78, 5) is 24.0. The molecule has 0 unspecified atom stereocenters. The van der Waals surface area contributed by atoms with E-state index in [1.807, 2.05) is 30.5 Å². The molecule has 1 aromatic carbocycles. The maximum Gasteiger partial charge on any atom is 0.309 e. The van der Waals surface area contributed by atoms with Gasteiger partial charge in [-0.1, -0.05) is 12.1 Å². The van der Waals surface area contributed by atoms with Crippen LogP contribution in [0.5, 0.6) is 0 Å². The number of rotatable bonds is 5. The van der Waals surface area contributed by atoms with Gasteiger partial charge in [0.15, 0.2) is 0 Å². The molecule has 2 amide bonds. The van der Waals surface area contributed by atoms with E-state index in [1.54, 1.807) is 11.8 Å². The molecular weight excluding hydrogens is 276 g/mol. The van der Waals surface area contributed by atoms with Crippen molar-refractivity contribution >= 4 is 23.6 Å². The van der Waals surface area contributed by atoms with Gasteiger partial charge in [-0.2, -0.15) is 0 Å². The maximum atomic E-state index is 11.5. The summed E-state index contributed by atoms with van der Waals surface area (Å²) in [6.45, 7) is 0.0233. The van der Waals surface area contributed by atoms with Gasteiger partial charge in [0.05, 0.1) is 6.10 Å². The minimum absolute atomic E-state index is 0.0233. The van der Waals surface area contributed by atoms with Crippen molar-refractivity contribution < 1.29 is 14.7 Å². The minimum atomic E-state index is -0.816. The number of thioether (sulfide) groups is 1. The first kappa shape index (κ1) is 14.9. The van der Waals surface area contributed by atoms with Gasteiger partial charge in [0, 0.05) is 17.5 Å². The van der Waals surface area contributed by atoms with Gasteiger partial charge in [0.1, 0.15) is 0 Å². The smallest absolute Gasteiger partial charge is 0.309 e. The van der Waals surface area contributed by atoms with Crippen LogP contribution in [0.25, 0.3) is 0 Å². The topological polar surface area (TPSA) is 78.4 Å². The predicted octanol–water partition coefficient (Wildman–Crippen LogP) is 0.837. The van der Waals surface area contributed by atoms with E-state index in [0.717, 1.165) is 17.7 Å². The van der Waals surface area contributed by atoms with E-state index in [-0.39, 0.29) is 12.6 Å². The molecule has 108 valence electrons. The fourth-order valence-electron chi connectivity index (χ4n) is 1.69. The van der Waals surface area contributed by atoms with Crippen molar-refractivity contribution in [3.05, 3.63) is 29.8 Å². The Labute approximate surface area is 122 Å². The van der Waals surface area contributed by atoms with Crippen LogP contribution in [-0.4, -0.2) is 35.8 Å². The first-order chi connectivity index (χ1) is 9.60. The molecule has 6 heteroatoms. The molecule has 0 heterocycles. The second-order valence-corrected chi connectivity index (χ2v) is 5.63. The van der Waals surface area contributed by atoms with Crippen LogP contribution < -0.4 is 10.6 Å². The summed E-state index contributed by atoms with van der Waals surface area (Å²) in [7, 11) is 0. The lowest BCUT2D eigenvalue weighted by molar-refractivity contribution is -0.139. The Morgan fingerprint density at radius 1 is 1.30 bits per heavy atom. The van der Waals surface area contributed by atoms with Crippen LogP contribution in [0.1, 0.15) is 24.5 Å². The van der Waals surface area contributed by atoms with Crippen LogP contribution in [0.2, 0.25) is 0 Å². The summed E-state index contributed by atoms with van der Waals surface area (Å²) >= 11 is 1.62. The van der Waals surface area contributed by atoms with Crippen LogP contribution in [-0.2, 0) is 9.59 Å². The van der Waals surface area contributed by atoms with Crippen molar-refractivity contribution in [2.75, 3.05) is 12.8 Å². The average Bonchev–Trinajstić information content (AvgIpc) is 3.28.